The van der Waals surface area contributed by atoms with Gasteiger partial charge in [0.15, 0.2) is 0 Å². The lowest BCUT2D eigenvalue weighted by Crippen LogP contribution is -2.14. The monoisotopic (exact) mass is 279 g/mol. The van der Waals surface area contributed by atoms with Crippen LogP contribution in [0.4, 0.5) is 0 Å². The molecular formula is C18H18NP. The van der Waals surface area contributed by atoms with Crippen LogP contribution >= 0.6 is 7.92 Å². The van der Waals surface area contributed by atoms with Gasteiger partial charge in [0, 0.05) is 6.54 Å². The number of benzene rings is 2. The topological polar surface area (TPSA) is 26.0 Å². The first-order chi connectivity index (χ1) is 9.90. The first kappa shape index (κ1) is 13.3. The van der Waals surface area contributed by atoms with E-state index in [1.165, 1.54) is 21.5 Å². The molecule has 100 valence electrons. The molecule has 1 nitrogen and oxygen atoms in total. The van der Waals surface area contributed by atoms with Crippen LogP contribution in [-0.4, -0.2) is 6.54 Å². The van der Waals surface area contributed by atoms with Crippen molar-refractivity contribution in [1.82, 2.24) is 0 Å². The normalized spacial score (nSPS) is 14.3. The highest BCUT2D eigenvalue weighted by Gasteiger charge is 2.22. The lowest BCUT2D eigenvalue weighted by atomic mass is 10.3. The number of nitrogens with two attached hydrogens (primary N) is 1. The molecule has 2 aromatic carbocycles. The molecule has 0 unspecified atom stereocenters. The molecule has 2 heteroatoms. The molecule has 20 heavy (non-hydrogen) atoms. The lowest BCUT2D eigenvalue weighted by molar-refractivity contribution is 1.18. The Morgan fingerprint density at radius 2 is 1.40 bits per heavy atom. The van der Waals surface area contributed by atoms with Crippen molar-refractivity contribution in [2.24, 2.45) is 5.73 Å². The van der Waals surface area contributed by atoms with Crippen molar-refractivity contribution in [3.63, 3.8) is 0 Å². The van der Waals surface area contributed by atoms with Gasteiger partial charge in [-0.1, -0.05) is 72.8 Å². The Kier molecular flexibility index (Phi) is 4.11. The summed E-state index contributed by atoms with van der Waals surface area (Å²) in [5.74, 6) is 0. The third-order valence-electron chi connectivity index (χ3n) is 3.52. The number of hydrogen-bond acceptors (Lipinski definition) is 1. The minimum Gasteiger partial charge on any atom is -0.326 e. The Morgan fingerprint density at radius 3 is 1.90 bits per heavy atom. The molecule has 1 aliphatic carbocycles. The second-order valence-corrected chi connectivity index (χ2v) is 7.03. The van der Waals surface area contributed by atoms with Gasteiger partial charge < -0.3 is 5.73 Å². The molecule has 0 saturated carbocycles. The fourth-order valence-corrected chi connectivity index (χ4v) is 5.18. The van der Waals surface area contributed by atoms with Gasteiger partial charge in [0.05, 0.1) is 0 Å². The van der Waals surface area contributed by atoms with Gasteiger partial charge in [0.2, 0.25) is 0 Å². The maximum atomic E-state index is 5.92. The summed E-state index contributed by atoms with van der Waals surface area (Å²) >= 11 is 0. The van der Waals surface area contributed by atoms with E-state index in [1.54, 1.807) is 0 Å². The van der Waals surface area contributed by atoms with Crippen LogP contribution in [0.2, 0.25) is 0 Å². The van der Waals surface area contributed by atoms with E-state index < -0.39 is 7.92 Å². The Bertz CT molecular complexity index is 589. The summed E-state index contributed by atoms with van der Waals surface area (Å²) in [6, 6.07) is 21.6. The standard InChI is InChI=1S/C18H18NP/c19-14-15-8-7-13-18(15)20(16-9-3-1-4-10-16)17-11-5-2-6-12-17/h1-12H,13-14,19H2. The van der Waals surface area contributed by atoms with Gasteiger partial charge in [-0.05, 0) is 35.8 Å². The van der Waals surface area contributed by atoms with Crippen LogP contribution in [0.25, 0.3) is 0 Å². The van der Waals surface area contributed by atoms with Crippen molar-refractivity contribution in [3.05, 3.63) is 83.7 Å². The van der Waals surface area contributed by atoms with Crippen molar-refractivity contribution in [1.29, 1.82) is 0 Å². The maximum Gasteiger partial charge on any atom is 0.0181 e. The average Bonchev–Trinajstić information content (AvgIpc) is 2.98. The smallest absolute Gasteiger partial charge is 0.0181 e. The van der Waals surface area contributed by atoms with Crippen LogP contribution < -0.4 is 16.3 Å². The Labute approximate surface area is 121 Å². The minimum atomic E-state index is -0.460. The zero-order valence-electron chi connectivity index (χ0n) is 11.4. The Morgan fingerprint density at radius 1 is 0.850 bits per heavy atom. The molecular weight excluding hydrogens is 261 g/mol. The van der Waals surface area contributed by atoms with Gasteiger partial charge in [-0.15, -0.1) is 0 Å². The fraction of sp³-hybridized carbons (Fsp3) is 0.111. The Hall–Kier alpha value is -1.69. The summed E-state index contributed by atoms with van der Waals surface area (Å²) in [6.45, 7) is 0.629. The fourth-order valence-electron chi connectivity index (χ4n) is 2.58. The molecule has 0 aliphatic heterocycles. The molecule has 0 fully saturated rings. The number of rotatable bonds is 4. The number of hydrogen-bond donors (Lipinski definition) is 1. The van der Waals surface area contributed by atoms with E-state index in [0.29, 0.717) is 6.54 Å². The molecule has 0 heterocycles. The van der Waals surface area contributed by atoms with Crippen molar-refractivity contribution in [2.75, 3.05) is 6.54 Å². The molecule has 2 aromatic rings. The van der Waals surface area contributed by atoms with E-state index in [0.717, 1.165) is 6.42 Å². The summed E-state index contributed by atoms with van der Waals surface area (Å²) in [5.41, 5.74) is 7.23. The second-order valence-electron chi connectivity index (χ2n) is 4.79. The molecule has 0 radical (unpaired) electrons. The van der Waals surface area contributed by atoms with E-state index in [1.807, 2.05) is 0 Å². The van der Waals surface area contributed by atoms with Crippen LogP contribution in [-0.2, 0) is 0 Å². The van der Waals surface area contributed by atoms with Gasteiger partial charge in [-0.3, -0.25) is 0 Å². The summed E-state index contributed by atoms with van der Waals surface area (Å²) in [7, 11) is -0.460. The van der Waals surface area contributed by atoms with Crippen molar-refractivity contribution < 1.29 is 0 Å². The number of allylic oxidation sites excluding steroid dienone is 2. The third kappa shape index (κ3) is 2.60. The zero-order chi connectivity index (χ0) is 13.8. The molecule has 0 bridgehead atoms. The van der Waals surface area contributed by atoms with Gasteiger partial charge >= 0.3 is 0 Å². The van der Waals surface area contributed by atoms with Gasteiger partial charge in [0.1, 0.15) is 0 Å². The van der Waals surface area contributed by atoms with E-state index >= 15 is 0 Å². The quantitative estimate of drug-likeness (QED) is 0.854. The van der Waals surface area contributed by atoms with Gasteiger partial charge in [-0.25, -0.2) is 0 Å². The zero-order valence-corrected chi connectivity index (χ0v) is 12.3. The van der Waals surface area contributed by atoms with Crippen LogP contribution in [0, 0.1) is 0 Å². The molecule has 0 atom stereocenters. The van der Waals surface area contributed by atoms with Crippen LogP contribution in [0.3, 0.4) is 0 Å². The predicted molar refractivity (Wildman–Crippen MR) is 88.9 cm³/mol. The van der Waals surface area contributed by atoms with E-state index in [2.05, 4.69) is 72.8 Å². The molecule has 3 rings (SSSR count). The molecule has 0 amide bonds. The summed E-state index contributed by atoms with van der Waals surface area (Å²) in [5, 5.41) is 4.30. The van der Waals surface area contributed by atoms with E-state index in [4.69, 9.17) is 5.73 Å². The van der Waals surface area contributed by atoms with Crippen molar-refractivity contribution >= 4 is 18.5 Å². The molecule has 1 aliphatic rings. The van der Waals surface area contributed by atoms with Gasteiger partial charge in [0.25, 0.3) is 0 Å². The summed E-state index contributed by atoms with van der Waals surface area (Å²) < 4.78 is 0. The van der Waals surface area contributed by atoms with Crippen LogP contribution in [0.5, 0.6) is 0 Å². The average molecular weight is 279 g/mol. The van der Waals surface area contributed by atoms with E-state index in [-0.39, 0.29) is 0 Å². The van der Waals surface area contributed by atoms with E-state index in [9.17, 15) is 0 Å². The minimum absolute atomic E-state index is 0.460. The first-order valence-electron chi connectivity index (χ1n) is 6.89. The highest BCUT2D eigenvalue weighted by atomic mass is 31.1. The second kappa shape index (κ2) is 6.17. The molecule has 0 aromatic heterocycles. The Balaban J connectivity index is 2.10. The summed E-state index contributed by atoms with van der Waals surface area (Å²) in [6.07, 6.45) is 5.46. The van der Waals surface area contributed by atoms with Gasteiger partial charge in [-0.2, -0.15) is 0 Å². The third-order valence-corrected chi connectivity index (χ3v) is 6.16. The van der Waals surface area contributed by atoms with Crippen LogP contribution in [0.15, 0.2) is 83.7 Å². The predicted octanol–water partition coefficient (Wildman–Crippen LogP) is 3.29. The van der Waals surface area contributed by atoms with Crippen molar-refractivity contribution in [3.8, 4) is 0 Å². The molecule has 0 spiro atoms. The van der Waals surface area contributed by atoms with Crippen molar-refractivity contribution in [2.45, 2.75) is 6.42 Å². The highest BCUT2D eigenvalue weighted by Crippen LogP contribution is 2.48. The lowest BCUT2D eigenvalue weighted by Gasteiger charge is -2.22. The molecule has 2 N–H and O–H groups in total. The summed E-state index contributed by atoms with van der Waals surface area (Å²) in [4.78, 5) is 0. The largest absolute Gasteiger partial charge is 0.326 e. The maximum absolute atomic E-state index is 5.92. The van der Waals surface area contributed by atoms with Crippen LogP contribution in [0.1, 0.15) is 6.42 Å². The highest BCUT2D eigenvalue weighted by molar-refractivity contribution is 7.76. The SMILES string of the molecule is NCC1=C(P(c2ccccc2)c2ccccc2)CC=C1. The molecule has 0 saturated heterocycles. The first-order valence-corrected chi connectivity index (χ1v) is 8.23.